The van der Waals surface area contributed by atoms with Crippen LogP contribution in [0.2, 0.25) is 0 Å². The smallest absolute Gasteiger partial charge is 0.315 e. The van der Waals surface area contributed by atoms with Gasteiger partial charge in [-0.3, -0.25) is 0 Å². The zero-order chi connectivity index (χ0) is 14.5. The highest BCUT2D eigenvalue weighted by Crippen LogP contribution is 2.31. The van der Waals surface area contributed by atoms with E-state index in [0.29, 0.717) is 12.0 Å². The van der Waals surface area contributed by atoms with E-state index in [1.807, 2.05) is 19.0 Å². The van der Waals surface area contributed by atoms with E-state index in [1.165, 1.54) is 12.8 Å². The lowest BCUT2D eigenvalue weighted by atomic mass is 9.79. The second-order valence-corrected chi connectivity index (χ2v) is 5.78. The van der Waals surface area contributed by atoms with Crippen molar-refractivity contribution in [1.29, 1.82) is 0 Å². The summed E-state index contributed by atoms with van der Waals surface area (Å²) in [5.41, 5.74) is 0. The lowest BCUT2D eigenvalue weighted by Gasteiger charge is -2.41. The molecule has 0 amide bonds. The minimum atomic E-state index is -4.05. The molecule has 0 aliphatic heterocycles. The Morgan fingerprint density at radius 3 is 2.47 bits per heavy atom. The van der Waals surface area contributed by atoms with Crippen molar-refractivity contribution in [1.82, 2.24) is 10.2 Å². The fourth-order valence-electron chi connectivity index (χ4n) is 3.19. The van der Waals surface area contributed by atoms with E-state index in [-0.39, 0.29) is 12.6 Å². The Kier molecular flexibility index (Phi) is 6.60. The molecule has 3 unspecified atom stereocenters. The Balaban J connectivity index is 2.53. The monoisotopic (exact) mass is 280 g/mol. The number of nitrogens with zero attached hydrogens (tertiary/aromatic N) is 1. The second-order valence-electron chi connectivity index (χ2n) is 5.78. The summed E-state index contributed by atoms with van der Waals surface area (Å²) in [6.07, 6.45) is 0.878. The third kappa shape index (κ3) is 5.69. The third-order valence-electron chi connectivity index (χ3n) is 4.31. The zero-order valence-electron chi connectivity index (χ0n) is 12.3. The van der Waals surface area contributed by atoms with Crippen molar-refractivity contribution in [3.63, 3.8) is 0 Å². The molecule has 19 heavy (non-hydrogen) atoms. The molecule has 1 aliphatic rings. The van der Waals surface area contributed by atoms with Crippen LogP contribution >= 0.6 is 0 Å². The first kappa shape index (κ1) is 16.8. The topological polar surface area (TPSA) is 15.3 Å². The molecule has 0 aromatic carbocycles. The second kappa shape index (κ2) is 7.48. The van der Waals surface area contributed by atoms with Crippen LogP contribution in [0.15, 0.2) is 0 Å². The fraction of sp³-hybridized carbons (Fsp3) is 1.00. The summed E-state index contributed by atoms with van der Waals surface area (Å²) in [4.78, 5) is 1.90. The van der Waals surface area contributed by atoms with Crippen molar-refractivity contribution in [2.75, 3.05) is 20.6 Å². The summed E-state index contributed by atoms with van der Waals surface area (Å²) in [5.74, 6) is 0.674. The van der Waals surface area contributed by atoms with E-state index in [1.54, 1.807) is 0 Å². The normalized spacial score (nSPS) is 28.9. The van der Waals surface area contributed by atoms with Gasteiger partial charge in [-0.2, -0.15) is 13.2 Å². The van der Waals surface area contributed by atoms with Crippen LogP contribution in [-0.2, 0) is 0 Å². The van der Waals surface area contributed by atoms with Crippen LogP contribution in [-0.4, -0.2) is 43.8 Å². The number of hydrogen-bond donors (Lipinski definition) is 1. The average Bonchev–Trinajstić information content (AvgIpc) is 2.35. The van der Waals surface area contributed by atoms with E-state index in [0.717, 1.165) is 19.3 Å². The van der Waals surface area contributed by atoms with E-state index in [4.69, 9.17) is 0 Å². The van der Waals surface area contributed by atoms with E-state index in [2.05, 4.69) is 12.2 Å². The first-order chi connectivity index (χ1) is 8.87. The lowest BCUT2D eigenvalue weighted by Crippen LogP contribution is -2.51. The number of rotatable bonds is 6. The van der Waals surface area contributed by atoms with Crippen molar-refractivity contribution in [2.45, 2.75) is 63.7 Å². The van der Waals surface area contributed by atoms with Crippen LogP contribution in [0.1, 0.15) is 45.4 Å². The molecule has 0 heterocycles. The molecule has 0 radical (unpaired) electrons. The van der Waals surface area contributed by atoms with Crippen LogP contribution in [0.5, 0.6) is 0 Å². The number of nitrogens with one attached hydrogen (secondary N) is 1. The Labute approximate surface area is 114 Å². The van der Waals surface area contributed by atoms with Crippen molar-refractivity contribution in [2.24, 2.45) is 5.92 Å². The molecule has 3 atom stereocenters. The molecule has 0 saturated heterocycles. The Morgan fingerprint density at radius 1 is 1.26 bits per heavy atom. The molecule has 5 heteroatoms. The summed E-state index contributed by atoms with van der Waals surface area (Å²) in [6.45, 7) is 2.28. The molecule has 0 aromatic heterocycles. The largest absolute Gasteiger partial charge is 0.390 e. The van der Waals surface area contributed by atoms with Gasteiger partial charge in [0.05, 0.1) is 6.42 Å². The first-order valence-electron chi connectivity index (χ1n) is 7.31. The van der Waals surface area contributed by atoms with Crippen LogP contribution in [0.25, 0.3) is 0 Å². The molecule has 1 N–H and O–H groups in total. The highest BCUT2D eigenvalue weighted by Gasteiger charge is 2.34. The number of hydrogen-bond acceptors (Lipinski definition) is 2. The van der Waals surface area contributed by atoms with Crippen molar-refractivity contribution in [3.05, 3.63) is 0 Å². The molecule has 114 valence electrons. The van der Waals surface area contributed by atoms with Gasteiger partial charge in [0.15, 0.2) is 0 Å². The summed E-state index contributed by atoms with van der Waals surface area (Å²) < 4.78 is 37.0. The van der Waals surface area contributed by atoms with Crippen LogP contribution in [0.4, 0.5) is 13.2 Å². The quantitative estimate of drug-likeness (QED) is 0.802. The predicted octanol–water partition coefficient (Wildman–Crippen LogP) is 3.43. The Morgan fingerprint density at radius 2 is 1.95 bits per heavy atom. The maximum absolute atomic E-state index is 12.3. The van der Waals surface area contributed by atoms with Crippen LogP contribution < -0.4 is 5.32 Å². The molecule has 1 saturated carbocycles. The molecule has 2 nitrogen and oxygen atoms in total. The van der Waals surface area contributed by atoms with Gasteiger partial charge in [-0.1, -0.05) is 19.8 Å². The predicted molar refractivity (Wildman–Crippen MR) is 72.2 cm³/mol. The number of alkyl halides is 3. The summed E-state index contributed by atoms with van der Waals surface area (Å²) in [7, 11) is 3.74. The highest BCUT2D eigenvalue weighted by molar-refractivity contribution is 4.89. The van der Waals surface area contributed by atoms with Gasteiger partial charge < -0.3 is 10.2 Å². The molecule has 1 aliphatic carbocycles. The zero-order valence-corrected chi connectivity index (χ0v) is 12.3. The Bertz CT molecular complexity index is 256. The molecule has 0 aromatic rings. The van der Waals surface area contributed by atoms with Crippen LogP contribution in [0.3, 0.4) is 0 Å². The molecule has 1 fully saturated rings. The van der Waals surface area contributed by atoms with Crippen LogP contribution in [0, 0.1) is 5.92 Å². The van der Waals surface area contributed by atoms with Gasteiger partial charge in [0.2, 0.25) is 0 Å². The van der Waals surface area contributed by atoms with E-state index in [9.17, 15) is 13.2 Å². The van der Waals surface area contributed by atoms with Crippen molar-refractivity contribution in [3.8, 4) is 0 Å². The highest BCUT2D eigenvalue weighted by atomic mass is 19.4. The number of likely N-dealkylation sites (N-methyl/N-ethyl adjacent to an activating group) is 2. The van der Waals surface area contributed by atoms with Gasteiger partial charge in [-0.25, -0.2) is 0 Å². The van der Waals surface area contributed by atoms with Gasteiger partial charge in [-0.15, -0.1) is 0 Å². The van der Waals surface area contributed by atoms with Crippen molar-refractivity contribution >= 4 is 0 Å². The maximum atomic E-state index is 12.3. The molecule has 0 bridgehead atoms. The van der Waals surface area contributed by atoms with Gasteiger partial charge in [0, 0.05) is 18.6 Å². The Hall–Kier alpha value is -0.290. The SMILES string of the molecule is CCCC1CCC(NC)C(N(C)CCC(F)(F)F)C1. The molecule has 1 rings (SSSR count). The molecular formula is C14H27F3N2. The summed E-state index contributed by atoms with van der Waals surface area (Å²) in [6, 6.07) is 0.559. The van der Waals surface area contributed by atoms with Gasteiger partial charge in [0.1, 0.15) is 0 Å². The molecular weight excluding hydrogens is 253 g/mol. The van der Waals surface area contributed by atoms with Gasteiger partial charge >= 0.3 is 6.18 Å². The summed E-state index contributed by atoms with van der Waals surface area (Å²) in [5, 5.41) is 3.27. The van der Waals surface area contributed by atoms with Gasteiger partial charge in [0.25, 0.3) is 0 Å². The minimum absolute atomic E-state index is 0.102. The van der Waals surface area contributed by atoms with E-state index < -0.39 is 12.6 Å². The number of halogens is 3. The average molecular weight is 280 g/mol. The standard InChI is InChI=1S/C14H27F3N2/c1-4-5-11-6-7-12(18-2)13(10-11)19(3)9-8-14(15,16)17/h11-13,18H,4-10H2,1-3H3. The lowest BCUT2D eigenvalue weighted by molar-refractivity contribution is -0.139. The first-order valence-corrected chi connectivity index (χ1v) is 7.31. The minimum Gasteiger partial charge on any atom is -0.315 e. The summed E-state index contributed by atoms with van der Waals surface area (Å²) >= 11 is 0. The maximum Gasteiger partial charge on any atom is 0.390 e. The molecule has 0 spiro atoms. The van der Waals surface area contributed by atoms with Crippen molar-refractivity contribution < 1.29 is 13.2 Å². The fourth-order valence-corrected chi connectivity index (χ4v) is 3.19. The van der Waals surface area contributed by atoms with E-state index >= 15 is 0 Å². The van der Waals surface area contributed by atoms with Gasteiger partial charge in [-0.05, 0) is 39.3 Å². The third-order valence-corrected chi connectivity index (χ3v) is 4.31.